The Labute approximate surface area is 65.4 Å². The van der Waals surface area contributed by atoms with Crippen LogP contribution >= 0.6 is 0 Å². The van der Waals surface area contributed by atoms with Crippen LogP contribution in [0.4, 0.5) is 0 Å². The van der Waals surface area contributed by atoms with Crippen molar-refractivity contribution >= 4 is 0 Å². The van der Waals surface area contributed by atoms with Gasteiger partial charge in [0.2, 0.25) is 0 Å². The van der Waals surface area contributed by atoms with Crippen molar-refractivity contribution in [3.05, 3.63) is 12.4 Å². The molecular weight excluding hydrogens is 144 g/mol. The third-order valence-electron chi connectivity index (χ3n) is 1.37. The van der Waals surface area contributed by atoms with E-state index >= 15 is 0 Å². The van der Waals surface area contributed by atoms with E-state index in [0.29, 0.717) is 13.2 Å². The Morgan fingerprint density at radius 2 is 2.64 bits per heavy atom. The summed E-state index contributed by atoms with van der Waals surface area (Å²) < 4.78 is 6.41. The van der Waals surface area contributed by atoms with Crippen LogP contribution in [0.5, 0.6) is 6.01 Å². The molecule has 1 N–H and O–H groups in total. The average molecular weight is 155 g/mol. The molecule has 1 aromatic heterocycles. The summed E-state index contributed by atoms with van der Waals surface area (Å²) in [7, 11) is 1.65. The second kappa shape index (κ2) is 3.98. The van der Waals surface area contributed by atoms with Gasteiger partial charge in [-0.3, -0.25) is 4.57 Å². The highest BCUT2D eigenvalue weighted by atomic mass is 16.5. The zero-order valence-electron chi connectivity index (χ0n) is 6.45. The van der Waals surface area contributed by atoms with Gasteiger partial charge in [-0.05, 0) is 6.42 Å². The summed E-state index contributed by atoms with van der Waals surface area (Å²) >= 11 is 0. The number of aromatic hydroxyl groups is 1. The van der Waals surface area contributed by atoms with E-state index in [9.17, 15) is 0 Å². The summed E-state index contributed by atoms with van der Waals surface area (Å²) in [4.78, 5) is 3.62. The quantitative estimate of drug-likeness (QED) is 0.641. The van der Waals surface area contributed by atoms with Crippen molar-refractivity contribution in [2.45, 2.75) is 13.0 Å². The van der Waals surface area contributed by atoms with Crippen molar-refractivity contribution < 1.29 is 9.84 Å². The molecule has 0 fully saturated rings. The third kappa shape index (κ3) is 2.23. The molecule has 0 amide bonds. The molecule has 0 aromatic carbocycles. The molecule has 4 heteroatoms. The molecule has 4 nitrogen and oxygen atoms in total. The molecule has 0 atom stereocenters. The van der Waals surface area contributed by atoms with Crippen molar-refractivity contribution in [1.82, 2.24) is 9.55 Å². The van der Waals surface area contributed by atoms with Gasteiger partial charge >= 0.3 is 0 Å². The number of aromatic nitrogens is 2. The Kier molecular flexibility index (Phi) is 2.92. The standard InChI is InChI=1S/C7H11N2O2/c1-11-6-2-4-9-5-3-8-7(9)10/h3H,2,4,6H2,1H3,(H,8,10). The highest BCUT2D eigenvalue weighted by molar-refractivity contribution is 4.93. The molecule has 0 spiro atoms. The fraction of sp³-hybridized carbons (Fsp3) is 0.571. The monoisotopic (exact) mass is 155 g/mol. The fourth-order valence-corrected chi connectivity index (χ4v) is 0.815. The van der Waals surface area contributed by atoms with Gasteiger partial charge in [0.25, 0.3) is 6.01 Å². The number of hydrogen-bond acceptors (Lipinski definition) is 3. The minimum atomic E-state index is 0.0149. The Bertz CT molecular complexity index is 210. The number of ether oxygens (including phenoxy) is 1. The van der Waals surface area contributed by atoms with Gasteiger partial charge in [0, 0.05) is 20.3 Å². The molecule has 0 saturated heterocycles. The van der Waals surface area contributed by atoms with E-state index in [4.69, 9.17) is 9.84 Å². The number of hydrogen-bond donors (Lipinski definition) is 1. The molecule has 0 aliphatic carbocycles. The first-order valence-corrected chi connectivity index (χ1v) is 3.45. The molecule has 1 rings (SSSR count). The van der Waals surface area contributed by atoms with E-state index in [2.05, 4.69) is 11.2 Å². The average Bonchev–Trinajstić information content (AvgIpc) is 2.37. The van der Waals surface area contributed by atoms with Crippen LogP contribution in [0.1, 0.15) is 6.42 Å². The van der Waals surface area contributed by atoms with E-state index < -0.39 is 0 Å². The minimum Gasteiger partial charge on any atom is -0.480 e. The van der Waals surface area contributed by atoms with Gasteiger partial charge < -0.3 is 9.84 Å². The molecular formula is C7H11N2O2. The van der Waals surface area contributed by atoms with E-state index in [1.807, 2.05) is 0 Å². The van der Waals surface area contributed by atoms with E-state index in [-0.39, 0.29) is 6.01 Å². The molecule has 0 aliphatic rings. The Balaban J connectivity index is 2.32. The van der Waals surface area contributed by atoms with E-state index in [1.54, 1.807) is 11.7 Å². The highest BCUT2D eigenvalue weighted by Crippen LogP contribution is 2.03. The van der Waals surface area contributed by atoms with E-state index in [0.717, 1.165) is 6.42 Å². The normalized spacial score (nSPS) is 10.3. The zero-order chi connectivity index (χ0) is 8.10. The number of rotatable bonds is 4. The van der Waals surface area contributed by atoms with Gasteiger partial charge in [-0.2, -0.15) is 0 Å². The van der Waals surface area contributed by atoms with Gasteiger partial charge in [-0.15, -0.1) is 0 Å². The van der Waals surface area contributed by atoms with Crippen LogP contribution in [0.2, 0.25) is 0 Å². The van der Waals surface area contributed by atoms with E-state index in [1.165, 1.54) is 6.20 Å². The number of methoxy groups -OCH3 is 1. The number of imidazole rings is 1. The van der Waals surface area contributed by atoms with Gasteiger partial charge in [0.05, 0.1) is 12.4 Å². The second-order valence-corrected chi connectivity index (χ2v) is 2.19. The lowest BCUT2D eigenvalue weighted by Crippen LogP contribution is -1.99. The van der Waals surface area contributed by atoms with Crippen LogP contribution in [0.15, 0.2) is 6.20 Å². The minimum absolute atomic E-state index is 0.0149. The molecule has 11 heavy (non-hydrogen) atoms. The largest absolute Gasteiger partial charge is 0.480 e. The first kappa shape index (κ1) is 8.07. The molecule has 61 valence electrons. The maximum atomic E-state index is 9.03. The van der Waals surface area contributed by atoms with Crippen LogP contribution < -0.4 is 0 Å². The summed E-state index contributed by atoms with van der Waals surface area (Å²) in [6.45, 7) is 1.38. The van der Waals surface area contributed by atoms with Crippen LogP contribution in [-0.2, 0) is 11.3 Å². The summed E-state index contributed by atoms with van der Waals surface area (Å²) in [5, 5.41) is 9.03. The predicted octanol–water partition coefficient (Wildman–Crippen LogP) is 0.425. The van der Waals surface area contributed by atoms with Crippen molar-refractivity contribution in [3.63, 3.8) is 0 Å². The topological polar surface area (TPSA) is 47.3 Å². The first-order chi connectivity index (χ1) is 5.34. The predicted molar refractivity (Wildman–Crippen MR) is 39.2 cm³/mol. The first-order valence-electron chi connectivity index (χ1n) is 3.45. The summed E-state index contributed by atoms with van der Waals surface area (Å²) in [6, 6.07) is 0.0149. The molecule has 0 unspecified atom stereocenters. The fourth-order valence-electron chi connectivity index (χ4n) is 0.815. The third-order valence-corrected chi connectivity index (χ3v) is 1.37. The SMILES string of the molecule is COCCCn1[c]cnc1O. The Morgan fingerprint density at radius 1 is 1.82 bits per heavy atom. The van der Waals surface area contributed by atoms with Crippen molar-refractivity contribution in [1.29, 1.82) is 0 Å². The smallest absolute Gasteiger partial charge is 0.294 e. The number of nitrogens with zero attached hydrogens (tertiary/aromatic N) is 2. The highest BCUT2D eigenvalue weighted by Gasteiger charge is 1.97. The second-order valence-electron chi connectivity index (χ2n) is 2.19. The molecule has 0 aliphatic heterocycles. The molecule has 1 heterocycles. The number of aryl methyl sites for hydroxylation is 1. The Morgan fingerprint density at radius 3 is 3.18 bits per heavy atom. The van der Waals surface area contributed by atoms with Gasteiger partial charge in [-0.25, -0.2) is 4.98 Å². The summed E-state index contributed by atoms with van der Waals surface area (Å²) in [5.74, 6) is 0. The van der Waals surface area contributed by atoms with Crippen LogP contribution in [0, 0.1) is 6.20 Å². The van der Waals surface area contributed by atoms with Gasteiger partial charge in [0.1, 0.15) is 0 Å². The molecule has 0 bridgehead atoms. The van der Waals surface area contributed by atoms with Crippen LogP contribution in [0.3, 0.4) is 0 Å². The maximum absolute atomic E-state index is 9.03. The summed E-state index contributed by atoms with van der Waals surface area (Å²) in [6.07, 6.45) is 5.07. The zero-order valence-corrected chi connectivity index (χ0v) is 6.45. The Hall–Kier alpha value is -1.03. The van der Waals surface area contributed by atoms with Crippen molar-refractivity contribution in [3.8, 4) is 6.01 Å². The molecule has 0 saturated carbocycles. The van der Waals surface area contributed by atoms with Crippen LogP contribution in [-0.4, -0.2) is 28.4 Å². The van der Waals surface area contributed by atoms with Gasteiger partial charge in [0.15, 0.2) is 0 Å². The van der Waals surface area contributed by atoms with Crippen molar-refractivity contribution in [2.24, 2.45) is 0 Å². The van der Waals surface area contributed by atoms with Gasteiger partial charge in [-0.1, -0.05) is 0 Å². The maximum Gasteiger partial charge on any atom is 0.294 e. The molecule has 1 radical (unpaired) electrons. The lowest BCUT2D eigenvalue weighted by Gasteiger charge is -2.00. The lowest BCUT2D eigenvalue weighted by molar-refractivity contribution is 0.189. The lowest BCUT2D eigenvalue weighted by atomic mass is 10.4. The summed E-state index contributed by atoms with van der Waals surface area (Å²) in [5.41, 5.74) is 0. The van der Waals surface area contributed by atoms with Crippen LogP contribution in [0.25, 0.3) is 0 Å². The van der Waals surface area contributed by atoms with Crippen molar-refractivity contribution in [2.75, 3.05) is 13.7 Å². The molecule has 1 aromatic rings.